The van der Waals surface area contributed by atoms with Crippen LogP contribution < -0.4 is 9.64 Å². The fourth-order valence-electron chi connectivity index (χ4n) is 3.18. The minimum atomic E-state index is -2.96. The molecule has 2 fully saturated rings. The van der Waals surface area contributed by atoms with Gasteiger partial charge in [0.15, 0.2) is 4.87 Å². The van der Waals surface area contributed by atoms with Gasteiger partial charge in [-0.05, 0) is 25.0 Å². The van der Waals surface area contributed by atoms with E-state index in [1.807, 2.05) is 0 Å². The first-order chi connectivity index (χ1) is 12.5. The number of nitrogens with zero attached hydrogens (tertiary/aromatic N) is 2. The summed E-state index contributed by atoms with van der Waals surface area (Å²) in [6, 6.07) is 3.88. The molecule has 1 saturated heterocycles. The minimum Gasteiger partial charge on any atom is -0.434 e. The minimum absolute atomic E-state index is 0.00469. The number of amides is 2. The van der Waals surface area contributed by atoms with E-state index < -0.39 is 27.8 Å². The highest BCUT2D eigenvalue weighted by Gasteiger charge is 2.72. The molecule has 2 amide bonds. The second-order valence-corrected chi connectivity index (χ2v) is 8.85. The molecule has 0 bridgehead atoms. The topological polar surface area (TPSA) is 49.9 Å². The first-order valence-electron chi connectivity index (χ1n) is 8.19. The van der Waals surface area contributed by atoms with Gasteiger partial charge in [0.25, 0.3) is 0 Å². The Balaban J connectivity index is 1.76. The molecule has 0 radical (unpaired) electrons. The molecule has 1 aliphatic heterocycles. The first-order valence-corrected chi connectivity index (χ1v) is 9.32. The molecule has 1 aromatic rings. The summed E-state index contributed by atoms with van der Waals surface area (Å²) in [5.41, 5.74) is 0.938. The molecule has 10 heteroatoms. The van der Waals surface area contributed by atoms with Crippen molar-refractivity contribution in [1.82, 2.24) is 4.90 Å². The third kappa shape index (κ3) is 3.57. The van der Waals surface area contributed by atoms with Crippen molar-refractivity contribution in [2.24, 2.45) is 0 Å². The van der Waals surface area contributed by atoms with Crippen LogP contribution in [0.2, 0.25) is 0 Å². The second-order valence-electron chi connectivity index (χ2n) is 6.72. The number of rotatable bonds is 5. The number of likely N-dealkylation sites (N-methyl/N-ethyl adjacent to an activating group) is 1. The lowest BCUT2D eigenvalue weighted by molar-refractivity contribution is -0.137. The molecule has 1 aliphatic carbocycles. The van der Waals surface area contributed by atoms with Crippen LogP contribution in [0.1, 0.15) is 18.4 Å². The van der Waals surface area contributed by atoms with Crippen molar-refractivity contribution in [3.63, 3.8) is 0 Å². The third-order valence-corrected chi connectivity index (χ3v) is 6.65. The number of halogens is 5. The maximum absolute atomic E-state index is 12.8. The zero-order chi connectivity index (χ0) is 20.1. The number of ether oxygens (including phenoxy) is 1. The normalized spacial score (nSPS) is 26.4. The number of hydrogen-bond donors (Lipinski definition) is 0. The average molecular weight is 442 g/mol. The van der Waals surface area contributed by atoms with Gasteiger partial charge in [-0.15, -0.1) is 11.6 Å². The maximum Gasteiger partial charge on any atom is 0.387 e. The smallest absolute Gasteiger partial charge is 0.387 e. The fraction of sp³-hybridized carbons (Fsp3) is 0.529. The van der Waals surface area contributed by atoms with E-state index >= 15 is 0 Å². The van der Waals surface area contributed by atoms with E-state index in [0.29, 0.717) is 24.2 Å². The summed E-state index contributed by atoms with van der Waals surface area (Å²) < 4.78 is 28.2. The molecular weight excluding hydrogens is 425 g/mol. The number of carbonyl (C=O) groups is 2. The average Bonchev–Trinajstić information content (AvgIpc) is 2.90. The van der Waals surface area contributed by atoms with Crippen LogP contribution in [0, 0.1) is 6.92 Å². The maximum atomic E-state index is 12.8. The Morgan fingerprint density at radius 2 is 2.00 bits per heavy atom. The van der Waals surface area contributed by atoms with E-state index in [1.165, 1.54) is 22.9 Å². The lowest BCUT2D eigenvalue weighted by atomic mass is 10.2. The van der Waals surface area contributed by atoms with Gasteiger partial charge in [-0.1, -0.05) is 29.3 Å². The van der Waals surface area contributed by atoms with Crippen LogP contribution in [0.15, 0.2) is 18.2 Å². The molecule has 2 atom stereocenters. The van der Waals surface area contributed by atoms with E-state index in [9.17, 15) is 18.4 Å². The molecule has 1 aromatic carbocycles. The van der Waals surface area contributed by atoms with Gasteiger partial charge in [0.1, 0.15) is 16.1 Å². The summed E-state index contributed by atoms with van der Waals surface area (Å²) >= 11 is 18.1. The Labute approximate surface area is 170 Å². The Bertz CT molecular complexity index is 793. The van der Waals surface area contributed by atoms with Gasteiger partial charge in [0.05, 0.1) is 0 Å². The van der Waals surface area contributed by atoms with Crippen LogP contribution in [0.25, 0.3) is 0 Å². The fourth-order valence-corrected chi connectivity index (χ4v) is 4.21. The zero-order valence-corrected chi connectivity index (χ0v) is 16.8. The lowest BCUT2D eigenvalue weighted by Gasteiger charge is -2.26. The summed E-state index contributed by atoms with van der Waals surface area (Å²) in [7, 11) is 1.47. The molecule has 1 heterocycles. The molecule has 27 heavy (non-hydrogen) atoms. The van der Waals surface area contributed by atoms with Gasteiger partial charge >= 0.3 is 6.61 Å². The highest BCUT2D eigenvalue weighted by molar-refractivity contribution is 6.62. The standard InChI is InChI=1S/C17H17Cl3F2N2O3/c1-9-3-4-10(7-12(9)27-15(21)22)24-6-5-11(13(24)25)23(2)14(26)16(18)8-17(16,19)20/h3-4,7,11,15H,5-6,8H2,1-2H3. The summed E-state index contributed by atoms with van der Waals surface area (Å²) in [4.78, 5) is 26.7. The highest BCUT2D eigenvalue weighted by Crippen LogP contribution is 2.62. The van der Waals surface area contributed by atoms with Crippen molar-refractivity contribution < 1.29 is 23.1 Å². The zero-order valence-electron chi connectivity index (χ0n) is 14.5. The van der Waals surface area contributed by atoms with Gasteiger partial charge in [-0.3, -0.25) is 9.59 Å². The lowest BCUT2D eigenvalue weighted by Crippen LogP contribution is -2.47. The Morgan fingerprint density at radius 1 is 1.37 bits per heavy atom. The van der Waals surface area contributed by atoms with Gasteiger partial charge < -0.3 is 14.5 Å². The number of benzene rings is 1. The van der Waals surface area contributed by atoms with Crippen molar-refractivity contribution in [1.29, 1.82) is 0 Å². The van der Waals surface area contributed by atoms with Gasteiger partial charge in [-0.25, -0.2) is 0 Å². The van der Waals surface area contributed by atoms with Crippen LogP contribution in [-0.4, -0.2) is 52.2 Å². The van der Waals surface area contributed by atoms with Crippen molar-refractivity contribution in [3.05, 3.63) is 23.8 Å². The Kier molecular flexibility index (Phi) is 5.25. The molecule has 2 aliphatic rings. The highest BCUT2D eigenvalue weighted by atomic mass is 35.5. The number of carbonyl (C=O) groups excluding carboxylic acids is 2. The summed E-state index contributed by atoms with van der Waals surface area (Å²) in [5, 5.41) is 0. The van der Waals surface area contributed by atoms with Crippen molar-refractivity contribution >= 4 is 52.3 Å². The molecule has 148 valence electrons. The van der Waals surface area contributed by atoms with Crippen LogP contribution in [0.5, 0.6) is 5.75 Å². The quantitative estimate of drug-likeness (QED) is 0.655. The molecule has 5 nitrogen and oxygen atoms in total. The Hall–Kier alpha value is -1.31. The van der Waals surface area contributed by atoms with Crippen molar-refractivity contribution in [3.8, 4) is 5.75 Å². The van der Waals surface area contributed by atoms with Crippen LogP contribution >= 0.6 is 34.8 Å². The SMILES string of the molecule is Cc1ccc(N2CCC(N(C)C(=O)C3(Cl)CC3(Cl)Cl)C2=O)cc1OC(F)F. The van der Waals surface area contributed by atoms with E-state index in [2.05, 4.69) is 4.74 Å². The van der Waals surface area contributed by atoms with Gasteiger partial charge in [0.2, 0.25) is 11.8 Å². The predicted octanol–water partition coefficient (Wildman–Crippen LogP) is 3.72. The Morgan fingerprint density at radius 3 is 2.56 bits per heavy atom. The molecule has 2 unspecified atom stereocenters. The molecule has 0 spiro atoms. The van der Waals surface area contributed by atoms with E-state index in [4.69, 9.17) is 34.8 Å². The van der Waals surface area contributed by atoms with E-state index in [1.54, 1.807) is 19.1 Å². The molecule has 3 rings (SSSR count). The van der Waals surface area contributed by atoms with Crippen molar-refractivity contribution in [2.75, 3.05) is 18.5 Å². The van der Waals surface area contributed by atoms with Gasteiger partial charge in [0, 0.05) is 31.8 Å². The van der Waals surface area contributed by atoms with E-state index in [0.717, 1.165) is 0 Å². The second kappa shape index (κ2) is 6.94. The summed E-state index contributed by atoms with van der Waals surface area (Å²) in [6.45, 7) is -1.02. The molecule has 0 N–H and O–H groups in total. The number of hydrogen-bond acceptors (Lipinski definition) is 3. The summed E-state index contributed by atoms with van der Waals surface area (Å²) in [5.74, 6) is -0.858. The summed E-state index contributed by atoms with van der Waals surface area (Å²) in [6.07, 6.45) is 0.468. The van der Waals surface area contributed by atoms with Crippen LogP contribution in [0.3, 0.4) is 0 Å². The van der Waals surface area contributed by atoms with Gasteiger partial charge in [-0.2, -0.15) is 8.78 Å². The molecule has 0 aromatic heterocycles. The number of alkyl halides is 5. The van der Waals surface area contributed by atoms with Crippen LogP contribution in [-0.2, 0) is 9.59 Å². The first kappa shape index (κ1) is 20.4. The number of anilines is 1. The third-order valence-electron chi connectivity index (χ3n) is 4.92. The molecular formula is C17H17Cl3F2N2O3. The largest absolute Gasteiger partial charge is 0.434 e. The van der Waals surface area contributed by atoms with Crippen molar-refractivity contribution in [2.45, 2.75) is 41.6 Å². The molecule has 1 saturated carbocycles. The predicted molar refractivity (Wildman–Crippen MR) is 99.0 cm³/mol. The number of aryl methyl sites for hydroxylation is 1. The monoisotopic (exact) mass is 440 g/mol. The van der Waals surface area contributed by atoms with E-state index in [-0.39, 0.29) is 18.1 Å². The van der Waals surface area contributed by atoms with Crippen LogP contribution in [0.4, 0.5) is 14.5 Å².